The van der Waals surface area contributed by atoms with Gasteiger partial charge in [-0.3, -0.25) is 0 Å². The summed E-state index contributed by atoms with van der Waals surface area (Å²) in [7, 11) is 0. The molecule has 0 saturated carbocycles. The Morgan fingerprint density at radius 3 is 0.524 bits per heavy atom. The van der Waals surface area contributed by atoms with Crippen LogP contribution in [0.25, 0.3) is 0 Å². The zero-order chi connectivity index (χ0) is 30.3. The molecule has 0 amide bonds. The summed E-state index contributed by atoms with van der Waals surface area (Å²) < 4.78 is 0. The molecular weight excluding hydrogens is 508 g/mol. The summed E-state index contributed by atoms with van der Waals surface area (Å²) in [6, 6.07) is 0. The van der Waals surface area contributed by atoms with E-state index in [-0.39, 0.29) is 0 Å². The van der Waals surface area contributed by atoms with Crippen LogP contribution in [0.4, 0.5) is 0 Å². The minimum Gasteiger partial charge on any atom is -0.303 e. The minimum atomic E-state index is 0.764. The van der Waals surface area contributed by atoms with E-state index in [2.05, 4.69) is 6.92 Å². The lowest BCUT2D eigenvalue weighted by Gasteiger charge is -2.05. The third kappa shape index (κ3) is 39.7. The largest absolute Gasteiger partial charge is 0.303 e. The Hall–Kier alpha value is -0.330. The third-order valence-corrected chi connectivity index (χ3v) is 9.68. The Labute approximate surface area is 267 Å². The van der Waals surface area contributed by atoms with Crippen LogP contribution in [0.5, 0.6) is 0 Å². The second-order valence-corrected chi connectivity index (χ2v) is 14.0. The molecule has 1 nitrogen and oxygen atoms in total. The average molecular weight is 591 g/mol. The minimum absolute atomic E-state index is 0.764. The van der Waals surface area contributed by atoms with Gasteiger partial charge >= 0.3 is 0 Å². The molecule has 0 saturated heterocycles. The number of carbonyl (C=O) groups excluding carboxylic acids is 1. The van der Waals surface area contributed by atoms with E-state index in [4.69, 9.17) is 0 Å². The van der Waals surface area contributed by atoms with Crippen LogP contribution >= 0.6 is 0 Å². The zero-order valence-corrected chi connectivity index (χ0v) is 29.6. The van der Waals surface area contributed by atoms with Crippen LogP contribution in [0, 0.1) is 0 Å². The van der Waals surface area contributed by atoms with Crippen LogP contribution in [0.2, 0.25) is 0 Å². The van der Waals surface area contributed by atoms with E-state index in [0.29, 0.717) is 0 Å². The van der Waals surface area contributed by atoms with E-state index in [0.717, 1.165) is 19.1 Å². The van der Waals surface area contributed by atoms with Crippen LogP contribution in [0.15, 0.2) is 0 Å². The summed E-state index contributed by atoms with van der Waals surface area (Å²) in [6.45, 7) is 2.31. The molecule has 0 heterocycles. The molecule has 0 aromatic heterocycles. The Bertz CT molecular complexity index is 458. The smallest absolute Gasteiger partial charge is 0.119 e. The highest BCUT2D eigenvalue weighted by molar-refractivity contribution is 5.48. The second kappa shape index (κ2) is 40.7. The molecule has 0 N–H and O–H groups in total. The average Bonchev–Trinajstić information content (AvgIpc) is 3.00. The second-order valence-electron chi connectivity index (χ2n) is 14.0. The van der Waals surface area contributed by atoms with Gasteiger partial charge in [0.25, 0.3) is 0 Å². The van der Waals surface area contributed by atoms with Crippen LogP contribution in [0.1, 0.15) is 257 Å². The molecule has 0 aromatic carbocycles. The number of carbonyl (C=O) groups is 1. The first-order chi connectivity index (χ1) is 20.9. The first-order valence-electron chi connectivity index (χ1n) is 20.4. The molecule has 0 atom stereocenters. The van der Waals surface area contributed by atoms with Gasteiger partial charge in [0.05, 0.1) is 0 Å². The van der Waals surface area contributed by atoms with Crippen molar-refractivity contribution in [3.05, 3.63) is 0 Å². The third-order valence-electron chi connectivity index (χ3n) is 9.68. The van der Waals surface area contributed by atoms with Crippen LogP contribution < -0.4 is 0 Å². The first kappa shape index (κ1) is 41.7. The lowest BCUT2D eigenvalue weighted by molar-refractivity contribution is -0.107. The van der Waals surface area contributed by atoms with Gasteiger partial charge in [-0.15, -0.1) is 0 Å². The van der Waals surface area contributed by atoms with Gasteiger partial charge in [0.15, 0.2) is 0 Å². The van der Waals surface area contributed by atoms with E-state index < -0.39 is 0 Å². The van der Waals surface area contributed by atoms with Crippen molar-refractivity contribution in [1.29, 1.82) is 0 Å². The van der Waals surface area contributed by atoms with Gasteiger partial charge in [-0.05, 0) is 6.42 Å². The summed E-state index contributed by atoms with van der Waals surface area (Å²) in [6.07, 6.45) is 56.9. The molecule has 0 fully saturated rings. The van der Waals surface area contributed by atoms with Crippen molar-refractivity contribution >= 4 is 6.29 Å². The predicted molar refractivity (Wildman–Crippen MR) is 192 cm³/mol. The summed E-state index contributed by atoms with van der Waals surface area (Å²) in [5.41, 5.74) is 0. The summed E-state index contributed by atoms with van der Waals surface area (Å²) in [5.74, 6) is 0. The Morgan fingerprint density at radius 1 is 0.238 bits per heavy atom. The van der Waals surface area contributed by atoms with Gasteiger partial charge in [0, 0.05) is 6.42 Å². The maximum absolute atomic E-state index is 10.3. The van der Waals surface area contributed by atoms with Crippen LogP contribution in [-0.2, 0) is 4.79 Å². The quantitative estimate of drug-likeness (QED) is 0.0514. The highest BCUT2D eigenvalue weighted by Gasteiger charge is 1.98. The van der Waals surface area contributed by atoms with E-state index >= 15 is 0 Å². The standard InChI is InChI=1S/C41H82O/c1-2-3-4-5-6-7-8-9-10-11-12-13-14-15-16-17-18-19-20-21-22-23-24-25-26-27-28-29-30-31-32-33-34-35-36-37-38-39-40-41-42/h41H,2-40H2,1H3. The molecule has 0 bridgehead atoms. The van der Waals surface area contributed by atoms with Crippen molar-refractivity contribution in [3.63, 3.8) is 0 Å². The van der Waals surface area contributed by atoms with Crippen molar-refractivity contribution in [2.45, 2.75) is 257 Å². The van der Waals surface area contributed by atoms with Crippen molar-refractivity contribution in [2.24, 2.45) is 0 Å². The number of unbranched alkanes of at least 4 members (excludes halogenated alkanes) is 38. The lowest BCUT2D eigenvalue weighted by atomic mass is 10.0. The van der Waals surface area contributed by atoms with Crippen molar-refractivity contribution in [3.8, 4) is 0 Å². The van der Waals surface area contributed by atoms with Crippen LogP contribution in [-0.4, -0.2) is 6.29 Å². The molecule has 0 radical (unpaired) electrons. The van der Waals surface area contributed by atoms with Gasteiger partial charge in [0.2, 0.25) is 0 Å². The molecule has 0 aliphatic rings. The normalized spacial score (nSPS) is 11.5. The van der Waals surface area contributed by atoms with Crippen molar-refractivity contribution < 1.29 is 4.79 Å². The van der Waals surface area contributed by atoms with E-state index in [9.17, 15) is 4.79 Å². The highest BCUT2D eigenvalue weighted by atomic mass is 16.1. The Balaban J connectivity index is 3.02. The van der Waals surface area contributed by atoms with Crippen molar-refractivity contribution in [1.82, 2.24) is 0 Å². The zero-order valence-electron chi connectivity index (χ0n) is 29.6. The monoisotopic (exact) mass is 591 g/mol. The van der Waals surface area contributed by atoms with Gasteiger partial charge < -0.3 is 4.79 Å². The fraction of sp³-hybridized carbons (Fsp3) is 0.976. The predicted octanol–water partition coefficient (Wildman–Crippen LogP) is 15.4. The van der Waals surface area contributed by atoms with Gasteiger partial charge in [-0.1, -0.05) is 244 Å². The molecule has 0 aliphatic heterocycles. The summed E-state index contributed by atoms with van der Waals surface area (Å²) >= 11 is 0. The molecule has 42 heavy (non-hydrogen) atoms. The number of aldehydes is 1. The molecule has 0 rings (SSSR count). The fourth-order valence-corrected chi connectivity index (χ4v) is 6.66. The lowest BCUT2D eigenvalue weighted by Crippen LogP contribution is -1.85. The first-order valence-corrected chi connectivity index (χ1v) is 20.4. The fourth-order valence-electron chi connectivity index (χ4n) is 6.66. The maximum Gasteiger partial charge on any atom is 0.119 e. The number of hydrogen-bond acceptors (Lipinski definition) is 1. The van der Waals surface area contributed by atoms with E-state index in [1.54, 1.807) is 0 Å². The highest BCUT2D eigenvalue weighted by Crippen LogP contribution is 2.17. The molecule has 1 heteroatoms. The number of hydrogen-bond donors (Lipinski definition) is 0. The van der Waals surface area contributed by atoms with Gasteiger partial charge in [0.1, 0.15) is 6.29 Å². The number of rotatable bonds is 39. The summed E-state index contributed by atoms with van der Waals surface area (Å²) in [5, 5.41) is 0. The van der Waals surface area contributed by atoms with E-state index in [1.165, 1.54) is 238 Å². The molecule has 252 valence electrons. The van der Waals surface area contributed by atoms with Crippen LogP contribution in [0.3, 0.4) is 0 Å². The van der Waals surface area contributed by atoms with Crippen molar-refractivity contribution in [2.75, 3.05) is 0 Å². The van der Waals surface area contributed by atoms with E-state index in [1.807, 2.05) is 0 Å². The van der Waals surface area contributed by atoms with Gasteiger partial charge in [-0.25, -0.2) is 0 Å². The Morgan fingerprint density at radius 2 is 0.381 bits per heavy atom. The summed E-state index contributed by atoms with van der Waals surface area (Å²) in [4.78, 5) is 10.3. The molecule has 0 spiro atoms. The Kier molecular flexibility index (Phi) is 40.4. The van der Waals surface area contributed by atoms with Gasteiger partial charge in [-0.2, -0.15) is 0 Å². The molecule has 0 aliphatic carbocycles. The molecule has 0 aromatic rings. The maximum atomic E-state index is 10.3. The topological polar surface area (TPSA) is 17.1 Å². The SMILES string of the molecule is CCCCCCCCCCCCCCCCCCCCCCCCCCCCCCCCCCCCCCCCC=O. The molecular formula is C41H82O. The molecule has 0 unspecified atom stereocenters.